The fraction of sp³-hybridized carbons (Fsp3) is 0.647. The second-order valence-electron chi connectivity index (χ2n) is 6.28. The minimum Gasteiger partial charge on any atom is -0.497 e. The smallest absolute Gasteiger partial charge is 0.119 e. The predicted molar refractivity (Wildman–Crippen MR) is 87.0 cm³/mol. The van der Waals surface area contributed by atoms with Gasteiger partial charge in [-0.05, 0) is 63.9 Å². The van der Waals surface area contributed by atoms with Crippen molar-refractivity contribution in [3.63, 3.8) is 0 Å². The number of rotatable bonds is 5. The molecule has 1 fully saturated rings. The molecule has 1 aliphatic heterocycles. The number of hydrogen-bond acceptors (Lipinski definition) is 4. The van der Waals surface area contributed by atoms with Gasteiger partial charge in [-0.3, -0.25) is 0 Å². The Labute approximate surface area is 128 Å². The van der Waals surface area contributed by atoms with Gasteiger partial charge >= 0.3 is 0 Å². The van der Waals surface area contributed by atoms with Crippen LogP contribution < -0.4 is 10.1 Å². The van der Waals surface area contributed by atoms with E-state index in [2.05, 4.69) is 24.1 Å². The van der Waals surface area contributed by atoms with Crippen LogP contribution in [0.3, 0.4) is 0 Å². The standard InChI is InChI=1S/C17H28N2O2/c1-14(2)19-11-4-9-17(13-20,10-12-19)18-15-5-7-16(21-3)8-6-15/h5-8,14,18,20H,4,9-13H2,1-3H3. The van der Waals surface area contributed by atoms with Crippen molar-refractivity contribution in [1.82, 2.24) is 4.90 Å². The largest absolute Gasteiger partial charge is 0.497 e. The highest BCUT2D eigenvalue weighted by atomic mass is 16.5. The van der Waals surface area contributed by atoms with Crippen LogP contribution in [0.2, 0.25) is 0 Å². The molecule has 0 radical (unpaired) electrons. The first-order chi connectivity index (χ1) is 10.1. The molecule has 4 heteroatoms. The van der Waals surface area contributed by atoms with E-state index >= 15 is 0 Å². The number of ether oxygens (including phenoxy) is 1. The molecule has 1 aromatic carbocycles. The van der Waals surface area contributed by atoms with Crippen molar-refractivity contribution in [1.29, 1.82) is 0 Å². The van der Waals surface area contributed by atoms with Crippen LogP contribution in [0.4, 0.5) is 5.69 Å². The van der Waals surface area contributed by atoms with Gasteiger partial charge in [0.25, 0.3) is 0 Å². The highest BCUT2D eigenvalue weighted by molar-refractivity contribution is 5.48. The first-order valence-corrected chi connectivity index (χ1v) is 7.86. The molecule has 0 spiro atoms. The molecule has 21 heavy (non-hydrogen) atoms. The molecule has 1 atom stereocenters. The van der Waals surface area contributed by atoms with Crippen LogP contribution in [-0.2, 0) is 0 Å². The third-order valence-corrected chi connectivity index (χ3v) is 4.51. The van der Waals surface area contributed by atoms with Gasteiger partial charge in [-0.25, -0.2) is 0 Å². The number of hydrogen-bond donors (Lipinski definition) is 2. The lowest BCUT2D eigenvalue weighted by molar-refractivity contribution is 0.186. The zero-order valence-electron chi connectivity index (χ0n) is 13.4. The number of nitrogens with one attached hydrogen (secondary N) is 1. The lowest BCUT2D eigenvalue weighted by Gasteiger charge is -2.33. The van der Waals surface area contributed by atoms with Crippen LogP contribution in [0, 0.1) is 0 Å². The lowest BCUT2D eigenvalue weighted by Crippen LogP contribution is -2.43. The molecule has 118 valence electrons. The Balaban J connectivity index is 2.06. The second kappa shape index (κ2) is 7.14. The summed E-state index contributed by atoms with van der Waals surface area (Å²) in [6.07, 6.45) is 3.08. The van der Waals surface area contributed by atoms with Crippen LogP contribution in [0.5, 0.6) is 5.75 Å². The Morgan fingerprint density at radius 1 is 1.24 bits per heavy atom. The molecule has 0 amide bonds. The molecule has 1 aliphatic rings. The van der Waals surface area contributed by atoms with E-state index in [-0.39, 0.29) is 12.1 Å². The minimum absolute atomic E-state index is 0.172. The molecule has 1 unspecified atom stereocenters. The molecule has 4 nitrogen and oxygen atoms in total. The Bertz CT molecular complexity index is 433. The van der Waals surface area contributed by atoms with Crippen molar-refractivity contribution >= 4 is 5.69 Å². The number of aliphatic hydroxyl groups excluding tert-OH is 1. The summed E-state index contributed by atoms with van der Waals surface area (Å²) in [5.41, 5.74) is 0.834. The SMILES string of the molecule is COc1ccc(NC2(CO)CCCN(C(C)C)CC2)cc1. The van der Waals surface area contributed by atoms with Gasteiger partial charge in [0.05, 0.1) is 19.3 Å². The fourth-order valence-corrected chi connectivity index (χ4v) is 3.03. The number of likely N-dealkylation sites (tertiary alicyclic amines) is 1. The Kier molecular flexibility index (Phi) is 5.48. The van der Waals surface area contributed by atoms with E-state index in [0.717, 1.165) is 43.8 Å². The third kappa shape index (κ3) is 4.11. The second-order valence-corrected chi connectivity index (χ2v) is 6.28. The van der Waals surface area contributed by atoms with Crippen molar-refractivity contribution in [3.05, 3.63) is 24.3 Å². The fourth-order valence-electron chi connectivity index (χ4n) is 3.03. The van der Waals surface area contributed by atoms with Gasteiger partial charge in [0.1, 0.15) is 5.75 Å². The van der Waals surface area contributed by atoms with E-state index in [9.17, 15) is 5.11 Å². The third-order valence-electron chi connectivity index (χ3n) is 4.51. The van der Waals surface area contributed by atoms with Crippen molar-refractivity contribution < 1.29 is 9.84 Å². The van der Waals surface area contributed by atoms with Gasteiger partial charge in [0, 0.05) is 18.3 Å². The van der Waals surface area contributed by atoms with E-state index in [1.54, 1.807) is 7.11 Å². The summed E-state index contributed by atoms with van der Waals surface area (Å²) in [6.45, 7) is 6.79. The molecule has 0 aromatic heterocycles. The number of methoxy groups -OCH3 is 1. The van der Waals surface area contributed by atoms with Crippen LogP contribution in [0.1, 0.15) is 33.1 Å². The molecule has 2 rings (SSSR count). The molecule has 2 N–H and O–H groups in total. The summed E-state index contributed by atoms with van der Waals surface area (Å²) >= 11 is 0. The van der Waals surface area contributed by atoms with Gasteiger partial charge in [-0.1, -0.05) is 0 Å². The summed E-state index contributed by atoms with van der Waals surface area (Å²) < 4.78 is 5.19. The zero-order chi connectivity index (χ0) is 15.3. The Hall–Kier alpha value is -1.26. The van der Waals surface area contributed by atoms with Gasteiger partial charge in [0.2, 0.25) is 0 Å². The summed E-state index contributed by atoms with van der Waals surface area (Å²) in [7, 11) is 1.67. The average Bonchev–Trinajstić information content (AvgIpc) is 2.71. The first-order valence-electron chi connectivity index (χ1n) is 7.86. The molecule has 0 saturated carbocycles. The van der Waals surface area contributed by atoms with Crippen LogP contribution >= 0.6 is 0 Å². The van der Waals surface area contributed by atoms with Crippen molar-refractivity contribution in [2.75, 3.05) is 32.1 Å². The maximum absolute atomic E-state index is 9.95. The van der Waals surface area contributed by atoms with E-state index in [4.69, 9.17) is 4.74 Å². The molecule has 0 aliphatic carbocycles. The zero-order valence-corrected chi connectivity index (χ0v) is 13.4. The molecular weight excluding hydrogens is 264 g/mol. The normalized spacial score (nSPS) is 23.9. The topological polar surface area (TPSA) is 44.7 Å². The monoisotopic (exact) mass is 292 g/mol. The average molecular weight is 292 g/mol. The van der Waals surface area contributed by atoms with Gasteiger partial charge < -0.3 is 20.1 Å². The quantitative estimate of drug-likeness (QED) is 0.876. The van der Waals surface area contributed by atoms with Gasteiger partial charge in [0.15, 0.2) is 0 Å². The molecule has 0 bridgehead atoms. The van der Waals surface area contributed by atoms with Gasteiger partial charge in [-0.15, -0.1) is 0 Å². The van der Waals surface area contributed by atoms with E-state index in [1.807, 2.05) is 24.3 Å². The number of benzene rings is 1. The molecule has 1 saturated heterocycles. The maximum Gasteiger partial charge on any atom is 0.119 e. The molecular formula is C17H28N2O2. The van der Waals surface area contributed by atoms with Crippen LogP contribution in [0.25, 0.3) is 0 Å². The van der Waals surface area contributed by atoms with E-state index in [1.165, 1.54) is 0 Å². The number of aliphatic hydroxyl groups is 1. The minimum atomic E-state index is -0.210. The summed E-state index contributed by atoms with van der Waals surface area (Å²) in [5, 5.41) is 13.5. The van der Waals surface area contributed by atoms with Crippen molar-refractivity contribution in [3.8, 4) is 5.75 Å². The van der Waals surface area contributed by atoms with Crippen LogP contribution in [-0.4, -0.2) is 48.4 Å². The van der Waals surface area contributed by atoms with Gasteiger partial charge in [-0.2, -0.15) is 0 Å². The number of nitrogens with zero attached hydrogens (tertiary/aromatic N) is 1. The highest BCUT2D eigenvalue weighted by Crippen LogP contribution is 2.28. The highest BCUT2D eigenvalue weighted by Gasteiger charge is 2.32. The first kappa shape index (κ1) is 16.1. The number of anilines is 1. The van der Waals surface area contributed by atoms with E-state index < -0.39 is 0 Å². The Morgan fingerprint density at radius 3 is 2.52 bits per heavy atom. The Morgan fingerprint density at radius 2 is 1.95 bits per heavy atom. The van der Waals surface area contributed by atoms with Crippen molar-refractivity contribution in [2.24, 2.45) is 0 Å². The predicted octanol–water partition coefficient (Wildman–Crippen LogP) is 2.73. The molecule has 1 aromatic rings. The summed E-state index contributed by atoms with van der Waals surface area (Å²) in [5.74, 6) is 0.852. The van der Waals surface area contributed by atoms with Crippen LogP contribution in [0.15, 0.2) is 24.3 Å². The maximum atomic E-state index is 9.95. The summed E-state index contributed by atoms with van der Waals surface area (Å²) in [6, 6.07) is 8.50. The lowest BCUT2D eigenvalue weighted by atomic mass is 9.91. The van der Waals surface area contributed by atoms with E-state index in [0.29, 0.717) is 6.04 Å². The molecule has 1 heterocycles. The summed E-state index contributed by atoms with van der Waals surface area (Å²) in [4.78, 5) is 2.49. The van der Waals surface area contributed by atoms with Crippen molar-refractivity contribution in [2.45, 2.75) is 44.7 Å².